The molecular weight excluding hydrogens is 435 g/mol. The Kier molecular flexibility index (Phi) is 5.99. The lowest BCUT2D eigenvalue weighted by molar-refractivity contribution is -0.0601. The number of aromatic nitrogens is 4. The highest BCUT2D eigenvalue weighted by molar-refractivity contribution is 8.07. The number of nitrogens with zero attached hydrogens (tertiary/aromatic N) is 4. The molecular formula is C16H25N6O6PS. The minimum absolute atomic E-state index is 0.0104. The molecule has 14 heteroatoms. The van der Waals surface area contributed by atoms with E-state index in [9.17, 15) is 14.8 Å². The van der Waals surface area contributed by atoms with Gasteiger partial charge in [0.05, 0.1) is 6.61 Å². The average Bonchev–Trinajstić information content (AvgIpc) is 3.19. The van der Waals surface area contributed by atoms with Crippen molar-refractivity contribution in [2.24, 2.45) is 0 Å². The fourth-order valence-corrected chi connectivity index (χ4v) is 5.28. The molecule has 4 rings (SSSR count). The van der Waals surface area contributed by atoms with Crippen LogP contribution < -0.4 is 11.3 Å². The number of ether oxygens (including phenoxy) is 1. The molecule has 2 aromatic heterocycles. The summed E-state index contributed by atoms with van der Waals surface area (Å²) in [5.74, 6) is 0.451. The number of hydrogen-bond donors (Lipinski definition) is 4. The molecule has 2 aliphatic rings. The van der Waals surface area contributed by atoms with Gasteiger partial charge in [-0.15, -0.1) is 0 Å². The molecule has 0 aromatic carbocycles. The number of hydrogen-bond acceptors (Lipinski definition) is 10. The Morgan fingerprint density at radius 1 is 1.40 bits per heavy atom. The van der Waals surface area contributed by atoms with Gasteiger partial charge in [-0.1, -0.05) is 13.8 Å². The Hall–Kier alpha value is -1.44. The van der Waals surface area contributed by atoms with Gasteiger partial charge < -0.3 is 29.9 Å². The summed E-state index contributed by atoms with van der Waals surface area (Å²) in [6.45, 7) is 3.09. The van der Waals surface area contributed by atoms with E-state index >= 15 is 0 Å². The molecule has 0 amide bonds. The van der Waals surface area contributed by atoms with Gasteiger partial charge in [0.25, 0.3) is 5.56 Å². The number of nitrogens with one attached hydrogen (secondary N) is 1. The maximum absolute atomic E-state index is 12.4. The van der Waals surface area contributed by atoms with Crippen LogP contribution in [0.25, 0.3) is 11.2 Å². The van der Waals surface area contributed by atoms with Gasteiger partial charge in [0.1, 0.15) is 24.1 Å². The van der Waals surface area contributed by atoms with Crippen LogP contribution in [0.5, 0.6) is 0 Å². The number of aliphatic hydroxyl groups is 1. The molecule has 0 aliphatic carbocycles. The molecule has 0 saturated carbocycles. The van der Waals surface area contributed by atoms with Crippen molar-refractivity contribution in [1.82, 2.24) is 24.4 Å². The van der Waals surface area contributed by atoms with Crippen LogP contribution in [0.1, 0.15) is 25.9 Å². The zero-order chi connectivity index (χ0) is 21.6. The molecule has 0 radical (unpaired) electrons. The monoisotopic (exact) mass is 460 g/mol. The predicted octanol–water partition coefficient (Wildman–Crippen LogP) is -0.523. The standard InChI is InChI=1S/C16H25N6O6PS/c1-3-21(4-2)6-5-9-18-10-13(19-16(17)20-14(10)24)22(9)15-11(23)12-8(27-15)7-26-29(25,30)28-12/h8,11-12,15,23H,3-7H2,1-2H3,(H,25,30)(H3,17,19,20,24)/t8-,11-,12-,15-,29?/m1/s1. The highest BCUT2D eigenvalue weighted by Gasteiger charge is 2.51. The molecule has 12 nitrogen and oxygen atoms in total. The molecule has 1 unspecified atom stereocenters. The summed E-state index contributed by atoms with van der Waals surface area (Å²) in [5.41, 5.74) is 5.58. The van der Waals surface area contributed by atoms with Crippen molar-refractivity contribution < 1.29 is 23.8 Å². The number of H-pyrrole nitrogens is 1. The fourth-order valence-electron chi connectivity index (χ4n) is 3.84. The van der Waals surface area contributed by atoms with Gasteiger partial charge in [0.15, 0.2) is 17.4 Å². The number of likely N-dealkylation sites (N-methyl/N-ethyl adjacent to an activating group) is 1. The number of fused-ring (bicyclic) bond motifs is 2. The van der Waals surface area contributed by atoms with Crippen molar-refractivity contribution in [3.05, 3.63) is 16.2 Å². The highest BCUT2D eigenvalue weighted by atomic mass is 32.5. The van der Waals surface area contributed by atoms with Crippen LogP contribution in [0.3, 0.4) is 0 Å². The minimum atomic E-state index is -3.44. The van der Waals surface area contributed by atoms with E-state index in [1.54, 1.807) is 4.57 Å². The molecule has 30 heavy (non-hydrogen) atoms. The van der Waals surface area contributed by atoms with Crippen LogP contribution in [0.15, 0.2) is 4.79 Å². The number of rotatable bonds is 6. The molecule has 5 atom stereocenters. The molecule has 4 heterocycles. The first-order valence-electron chi connectivity index (χ1n) is 9.72. The van der Waals surface area contributed by atoms with Crippen LogP contribution in [0.2, 0.25) is 0 Å². The van der Waals surface area contributed by atoms with Crippen molar-refractivity contribution in [3.63, 3.8) is 0 Å². The number of nitrogens with two attached hydrogens (primary N) is 1. The normalized spacial score (nSPS) is 31.5. The molecule has 2 aromatic rings. The van der Waals surface area contributed by atoms with E-state index in [1.165, 1.54) is 0 Å². The Balaban J connectivity index is 1.76. The number of aromatic amines is 1. The van der Waals surface area contributed by atoms with Crippen molar-refractivity contribution in [3.8, 4) is 0 Å². The second-order valence-electron chi connectivity index (χ2n) is 7.19. The maximum atomic E-state index is 12.4. The summed E-state index contributed by atoms with van der Waals surface area (Å²) in [6, 6.07) is 0. The van der Waals surface area contributed by atoms with Gasteiger partial charge >= 0.3 is 6.72 Å². The maximum Gasteiger partial charge on any atom is 0.325 e. The first-order valence-corrected chi connectivity index (χ1v) is 12.3. The van der Waals surface area contributed by atoms with Crippen LogP contribution in [-0.2, 0) is 32.0 Å². The second kappa shape index (κ2) is 8.24. The van der Waals surface area contributed by atoms with E-state index in [-0.39, 0.29) is 23.7 Å². The molecule has 0 bridgehead atoms. The second-order valence-corrected chi connectivity index (χ2v) is 9.98. The lowest BCUT2D eigenvalue weighted by atomic mass is 10.1. The fraction of sp³-hybridized carbons (Fsp3) is 0.688. The van der Waals surface area contributed by atoms with Crippen molar-refractivity contribution >= 4 is 35.6 Å². The zero-order valence-corrected chi connectivity index (χ0v) is 18.3. The highest BCUT2D eigenvalue weighted by Crippen LogP contribution is 2.53. The van der Waals surface area contributed by atoms with Gasteiger partial charge in [-0.2, -0.15) is 4.98 Å². The predicted molar refractivity (Wildman–Crippen MR) is 111 cm³/mol. The van der Waals surface area contributed by atoms with Crippen molar-refractivity contribution in [1.29, 1.82) is 0 Å². The summed E-state index contributed by atoms with van der Waals surface area (Å²) >= 11 is 4.90. The Bertz CT molecular complexity index is 1040. The number of aliphatic hydroxyl groups excluding tert-OH is 1. The lowest BCUT2D eigenvalue weighted by Gasteiger charge is -2.30. The van der Waals surface area contributed by atoms with Gasteiger partial charge in [0, 0.05) is 13.0 Å². The molecule has 0 spiro atoms. The summed E-state index contributed by atoms with van der Waals surface area (Å²) in [7, 11) is 0. The lowest BCUT2D eigenvalue weighted by Crippen LogP contribution is -2.39. The third kappa shape index (κ3) is 3.92. The molecule has 166 valence electrons. The largest absolute Gasteiger partial charge is 0.386 e. The third-order valence-electron chi connectivity index (χ3n) is 5.41. The Labute approximate surface area is 177 Å². The third-order valence-corrected chi connectivity index (χ3v) is 6.97. The van der Waals surface area contributed by atoms with E-state index in [1.807, 2.05) is 0 Å². The van der Waals surface area contributed by atoms with E-state index in [0.717, 1.165) is 13.1 Å². The van der Waals surface area contributed by atoms with Crippen molar-refractivity contribution in [2.45, 2.75) is 44.8 Å². The number of anilines is 1. The van der Waals surface area contributed by atoms with E-state index < -0.39 is 36.8 Å². The van der Waals surface area contributed by atoms with Gasteiger partial charge in [-0.05, 0) is 24.9 Å². The van der Waals surface area contributed by atoms with Crippen molar-refractivity contribution in [2.75, 3.05) is 32.0 Å². The van der Waals surface area contributed by atoms with Crippen LogP contribution >= 0.6 is 6.72 Å². The average molecular weight is 460 g/mol. The molecule has 2 saturated heterocycles. The molecule has 2 aliphatic heterocycles. The molecule has 5 N–H and O–H groups in total. The number of imidazole rings is 1. The quantitative estimate of drug-likeness (QED) is 0.410. The SMILES string of the molecule is CCN(CC)CCc1nc2c(=O)[nH]c(N)nc2n1[C@@H]1O[C@@H]2COP(O)(=S)O[C@H]2[C@H]1O. The van der Waals surface area contributed by atoms with Crippen LogP contribution in [-0.4, -0.2) is 79.0 Å². The van der Waals surface area contributed by atoms with E-state index in [2.05, 4.69) is 33.7 Å². The van der Waals surface area contributed by atoms with E-state index in [4.69, 9.17) is 31.3 Å². The van der Waals surface area contributed by atoms with Gasteiger partial charge in [-0.3, -0.25) is 18.9 Å². The smallest absolute Gasteiger partial charge is 0.325 e. The first-order chi connectivity index (χ1) is 14.2. The van der Waals surface area contributed by atoms with Gasteiger partial charge in [0.2, 0.25) is 5.95 Å². The summed E-state index contributed by atoms with van der Waals surface area (Å²) in [4.78, 5) is 35.7. The molecule has 2 fully saturated rings. The van der Waals surface area contributed by atoms with E-state index in [0.29, 0.717) is 18.8 Å². The van der Waals surface area contributed by atoms with Crippen LogP contribution in [0, 0.1) is 0 Å². The summed E-state index contributed by atoms with van der Waals surface area (Å²) < 4.78 is 18.1. The zero-order valence-electron chi connectivity index (χ0n) is 16.6. The topological polar surface area (TPSA) is 161 Å². The van der Waals surface area contributed by atoms with Crippen LogP contribution in [0.4, 0.5) is 5.95 Å². The Morgan fingerprint density at radius 2 is 2.13 bits per heavy atom. The summed E-state index contributed by atoms with van der Waals surface area (Å²) in [5, 5.41) is 10.9. The Morgan fingerprint density at radius 3 is 2.83 bits per heavy atom. The number of nitrogen functional groups attached to an aromatic ring is 1. The summed E-state index contributed by atoms with van der Waals surface area (Å²) in [6.07, 6.45) is -3.15. The first kappa shape index (κ1) is 21.8. The minimum Gasteiger partial charge on any atom is -0.386 e. The van der Waals surface area contributed by atoms with Gasteiger partial charge in [-0.25, -0.2) is 4.98 Å².